The van der Waals surface area contributed by atoms with E-state index in [4.69, 9.17) is 9.47 Å². The Balaban J connectivity index is 1.41. The van der Waals surface area contributed by atoms with Crippen molar-refractivity contribution in [2.75, 3.05) is 39.4 Å². The first-order valence-electron chi connectivity index (χ1n) is 9.44. The highest BCUT2D eigenvalue weighted by Gasteiger charge is 2.30. The molecule has 0 bridgehead atoms. The molecule has 1 saturated heterocycles. The van der Waals surface area contributed by atoms with E-state index >= 15 is 0 Å². The third-order valence-electron chi connectivity index (χ3n) is 4.84. The van der Waals surface area contributed by atoms with Crippen LogP contribution in [0.2, 0.25) is 0 Å². The van der Waals surface area contributed by atoms with Gasteiger partial charge in [-0.15, -0.1) is 11.3 Å². The number of benzene rings is 1. The van der Waals surface area contributed by atoms with Gasteiger partial charge in [-0.1, -0.05) is 6.07 Å². The molecule has 1 aromatic carbocycles. The molecule has 2 aliphatic rings. The molecule has 0 spiro atoms. The standard InChI is InChI=1S/C20H22N2O5S2/c23-20(7-4-16-3-1-14-28-16)21-8-10-22(11-9-21)29(24,25)17-5-6-18-19(15-17)27-13-2-12-26-18/h1,3-7,14-15H,2,8-13H2. The fraction of sp³-hybridized carbons (Fsp3) is 0.350. The zero-order valence-corrected chi connectivity index (χ0v) is 17.5. The number of thiophene rings is 1. The van der Waals surface area contributed by atoms with Crippen molar-refractivity contribution in [2.45, 2.75) is 11.3 Å². The molecule has 0 unspecified atom stereocenters. The minimum atomic E-state index is -3.66. The Morgan fingerprint density at radius 2 is 1.79 bits per heavy atom. The third-order valence-corrected chi connectivity index (χ3v) is 7.57. The summed E-state index contributed by atoms with van der Waals surface area (Å²) in [5, 5.41) is 1.95. The summed E-state index contributed by atoms with van der Waals surface area (Å²) >= 11 is 1.56. The second kappa shape index (κ2) is 8.56. The summed E-state index contributed by atoms with van der Waals surface area (Å²) in [5.41, 5.74) is 0. The van der Waals surface area contributed by atoms with Crippen LogP contribution >= 0.6 is 11.3 Å². The van der Waals surface area contributed by atoms with Crippen LogP contribution in [0.1, 0.15) is 11.3 Å². The quantitative estimate of drug-likeness (QED) is 0.691. The smallest absolute Gasteiger partial charge is 0.246 e. The minimum absolute atomic E-state index is 0.106. The number of carbonyl (C=O) groups excluding carboxylic acids is 1. The molecule has 154 valence electrons. The lowest BCUT2D eigenvalue weighted by Crippen LogP contribution is -2.50. The summed E-state index contributed by atoms with van der Waals surface area (Å²) in [6.45, 7) is 2.28. The van der Waals surface area contributed by atoms with Crippen molar-refractivity contribution in [3.05, 3.63) is 46.7 Å². The van der Waals surface area contributed by atoms with Crippen LogP contribution in [0.15, 0.2) is 46.7 Å². The summed E-state index contributed by atoms with van der Waals surface area (Å²) in [4.78, 5) is 15.2. The van der Waals surface area contributed by atoms with Gasteiger partial charge in [0.1, 0.15) is 0 Å². The van der Waals surface area contributed by atoms with Gasteiger partial charge in [-0.3, -0.25) is 4.79 Å². The molecule has 29 heavy (non-hydrogen) atoms. The highest BCUT2D eigenvalue weighted by Crippen LogP contribution is 2.33. The van der Waals surface area contributed by atoms with Crippen molar-refractivity contribution in [3.8, 4) is 11.5 Å². The number of fused-ring (bicyclic) bond motifs is 1. The van der Waals surface area contributed by atoms with Gasteiger partial charge in [-0.25, -0.2) is 8.42 Å². The van der Waals surface area contributed by atoms with Crippen LogP contribution in [0.25, 0.3) is 6.08 Å². The molecule has 2 aliphatic heterocycles. The van der Waals surface area contributed by atoms with E-state index in [0.29, 0.717) is 37.8 Å². The largest absolute Gasteiger partial charge is 0.490 e. The summed E-state index contributed by atoms with van der Waals surface area (Å²) in [6, 6.07) is 8.58. The third kappa shape index (κ3) is 4.47. The lowest BCUT2D eigenvalue weighted by molar-refractivity contribution is -0.127. The molecule has 0 atom stereocenters. The maximum Gasteiger partial charge on any atom is 0.246 e. The van der Waals surface area contributed by atoms with Crippen LogP contribution < -0.4 is 9.47 Å². The van der Waals surface area contributed by atoms with Crippen LogP contribution in [0.5, 0.6) is 11.5 Å². The van der Waals surface area contributed by atoms with E-state index in [1.54, 1.807) is 40.5 Å². The number of hydrogen-bond donors (Lipinski definition) is 0. The van der Waals surface area contributed by atoms with E-state index < -0.39 is 10.0 Å². The zero-order valence-electron chi connectivity index (χ0n) is 15.8. The minimum Gasteiger partial charge on any atom is -0.490 e. The molecule has 3 heterocycles. The molecule has 1 fully saturated rings. The van der Waals surface area contributed by atoms with Crippen molar-refractivity contribution in [1.29, 1.82) is 0 Å². The van der Waals surface area contributed by atoms with E-state index in [-0.39, 0.29) is 23.9 Å². The predicted molar refractivity (Wildman–Crippen MR) is 111 cm³/mol. The number of ether oxygens (including phenoxy) is 2. The van der Waals surface area contributed by atoms with Crippen LogP contribution in [0.3, 0.4) is 0 Å². The molecule has 1 amide bonds. The van der Waals surface area contributed by atoms with Gasteiger partial charge in [0.05, 0.1) is 18.1 Å². The molecular weight excluding hydrogens is 412 g/mol. The Labute approximate surface area is 174 Å². The molecule has 0 radical (unpaired) electrons. The Hall–Kier alpha value is -2.36. The van der Waals surface area contributed by atoms with Gasteiger partial charge in [-0.05, 0) is 29.7 Å². The van der Waals surface area contributed by atoms with Crippen molar-refractivity contribution in [2.24, 2.45) is 0 Å². The molecular formula is C20H22N2O5S2. The number of rotatable bonds is 4. The van der Waals surface area contributed by atoms with E-state index in [9.17, 15) is 13.2 Å². The fourth-order valence-electron chi connectivity index (χ4n) is 3.25. The summed E-state index contributed by atoms with van der Waals surface area (Å²) in [6.07, 6.45) is 4.08. The number of piperazine rings is 1. The number of carbonyl (C=O) groups is 1. The van der Waals surface area contributed by atoms with Crippen LogP contribution in [0.4, 0.5) is 0 Å². The molecule has 9 heteroatoms. The molecule has 4 rings (SSSR count). The summed E-state index contributed by atoms with van der Waals surface area (Å²) < 4.78 is 38.7. The normalized spacial score (nSPS) is 18.0. The van der Waals surface area contributed by atoms with Gasteiger partial charge < -0.3 is 14.4 Å². The number of amides is 1. The summed E-state index contributed by atoms with van der Waals surface area (Å²) in [7, 11) is -3.66. The molecule has 1 aromatic heterocycles. The first kappa shape index (κ1) is 19.9. The number of nitrogens with zero attached hydrogens (tertiary/aromatic N) is 2. The zero-order chi connectivity index (χ0) is 20.3. The van der Waals surface area contributed by atoms with E-state index in [0.717, 1.165) is 11.3 Å². The molecule has 0 N–H and O–H groups in total. The first-order chi connectivity index (χ1) is 14.0. The second-order valence-corrected chi connectivity index (χ2v) is 9.65. The number of sulfonamides is 1. The lowest BCUT2D eigenvalue weighted by Gasteiger charge is -2.33. The van der Waals surface area contributed by atoms with Gasteiger partial charge in [-0.2, -0.15) is 4.31 Å². The fourth-order valence-corrected chi connectivity index (χ4v) is 5.30. The van der Waals surface area contributed by atoms with E-state index in [1.165, 1.54) is 10.4 Å². The Kier molecular flexibility index (Phi) is 5.89. The van der Waals surface area contributed by atoms with Gasteiger partial charge in [0.25, 0.3) is 0 Å². The first-order valence-corrected chi connectivity index (χ1v) is 11.8. The molecule has 7 nitrogen and oxygen atoms in total. The van der Waals surface area contributed by atoms with Gasteiger partial charge >= 0.3 is 0 Å². The topological polar surface area (TPSA) is 76.2 Å². The average Bonchev–Trinajstić information content (AvgIpc) is 3.15. The van der Waals surface area contributed by atoms with Crippen molar-refractivity contribution >= 4 is 33.3 Å². The Bertz CT molecular complexity index is 994. The highest BCUT2D eigenvalue weighted by atomic mass is 32.2. The average molecular weight is 435 g/mol. The summed E-state index contributed by atoms with van der Waals surface area (Å²) in [5.74, 6) is 0.913. The highest BCUT2D eigenvalue weighted by molar-refractivity contribution is 7.89. The van der Waals surface area contributed by atoms with Crippen molar-refractivity contribution in [1.82, 2.24) is 9.21 Å². The van der Waals surface area contributed by atoms with Crippen molar-refractivity contribution < 1.29 is 22.7 Å². The molecule has 0 aliphatic carbocycles. The van der Waals surface area contributed by atoms with Crippen molar-refractivity contribution in [3.63, 3.8) is 0 Å². The van der Waals surface area contributed by atoms with Gasteiger partial charge in [0, 0.05) is 49.6 Å². The lowest BCUT2D eigenvalue weighted by atomic mass is 10.3. The van der Waals surface area contributed by atoms with Gasteiger partial charge in [0.2, 0.25) is 15.9 Å². The van der Waals surface area contributed by atoms with Crippen LogP contribution in [-0.4, -0.2) is 62.9 Å². The van der Waals surface area contributed by atoms with Gasteiger partial charge in [0.15, 0.2) is 11.5 Å². The van der Waals surface area contributed by atoms with E-state index in [1.807, 2.05) is 17.5 Å². The maximum absolute atomic E-state index is 13.0. The maximum atomic E-state index is 13.0. The molecule has 2 aromatic rings. The van der Waals surface area contributed by atoms with Crippen LogP contribution in [0, 0.1) is 0 Å². The SMILES string of the molecule is O=C(C=Cc1cccs1)N1CCN(S(=O)(=O)c2ccc3c(c2)OCCCO3)CC1. The van der Waals surface area contributed by atoms with E-state index in [2.05, 4.69) is 0 Å². The Morgan fingerprint density at radius 1 is 1.03 bits per heavy atom. The number of hydrogen-bond acceptors (Lipinski definition) is 6. The molecule has 0 saturated carbocycles. The predicted octanol–water partition coefficient (Wildman–Crippen LogP) is 2.46. The van der Waals surface area contributed by atoms with Crippen LogP contribution in [-0.2, 0) is 14.8 Å². The second-order valence-electron chi connectivity index (χ2n) is 6.74. The monoisotopic (exact) mass is 434 g/mol. The Morgan fingerprint density at radius 3 is 2.52 bits per heavy atom.